The Morgan fingerprint density at radius 2 is 1.90 bits per heavy atom. The summed E-state index contributed by atoms with van der Waals surface area (Å²) in [5, 5.41) is 0. The molecule has 0 atom stereocenters. The molecule has 2 aliphatic carbocycles. The summed E-state index contributed by atoms with van der Waals surface area (Å²) in [6.07, 6.45) is 3.08. The van der Waals surface area contributed by atoms with E-state index >= 15 is 0 Å². The Labute approximate surface area is 126 Å². The first-order chi connectivity index (χ1) is 9.38. The largest absolute Gasteiger partial charge is 0.298 e. The SMILES string of the molecule is CSCc1cc(C(C)(C)C)cc(C)c2ccc(C=O)c1-2. The Hall–Kier alpha value is -1.28. The Morgan fingerprint density at radius 3 is 2.45 bits per heavy atom. The van der Waals surface area contributed by atoms with Gasteiger partial charge in [0.05, 0.1) is 0 Å². The van der Waals surface area contributed by atoms with Gasteiger partial charge in [0, 0.05) is 11.3 Å². The maximum Gasteiger partial charge on any atom is 0.150 e. The lowest BCUT2D eigenvalue weighted by Gasteiger charge is -2.18. The predicted octanol–water partition coefficient (Wildman–Crippen LogP) is 5.07. The third-order valence-corrected chi connectivity index (χ3v) is 4.33. The van der Waals surface area contributed by atoms with Crippen molar-refractivity contribution in [2.24, 2.45) is 0 Å². The lowest BCUT2D eigenvalue weighted by molar-refractivity contribution is 0.112. The van der Waals surface area contributed by atoms with Gasteiger partial charge in [-0.3, -0.25) is 4.79 Å². The van der Waals surface area contributed by atoms with Gasteiger partial charge in [-0.25, -0.2) is 0 Å². The summed E-state index contributed by atoms with van der Waals surface area (Å²) in [7, 11) is 0. The van der Waals surface area contributed by atoms with E-state index in [0.29, 0.717) is 0 Å². The third-order valence-electron chi connectivity index (χ3n) is 3.73. The van der Waals surface area contributed by atoms with E-state index in [9.17, 15) is 4.79 Å². The standard InChI is InChI=1S/C18H22OS/c1-12-8-15(18(2,3)4)9-14(11-20-5)17-13(10-19)6-7-16(12)17/h6-10H,11H2,1-5H3. The number of hydrogen-bond donors (Lipinski definition) is 0. The molecule has 0 unspecified atom stereocenters. The molecular formula is C18H22OS. The van der Waals surface area contributed by atoms with Crippen LogP contribution in [0.5, 0.6) is 0 Å². The monoisotopic (exact) mass is 286 g/mol. The molecule has 0 fully saturated rings. The minimum Gasteiger partial charge on any atom is -0.298 e. The Kier molecular flexibility index (Phi) is 4.24. The fourth-order valence-electron chi connectivity index (χ4n) is 2.60. The molecule has 0 amide bonds. The first-order valence-electron chi connectivity index (χ1n) is 6.89. The zero-order valence-corrected chi connectivity index (χ0v) is 13.7. The zero-order valence-electron chi connectivity index (χ0n) is 12.9. The van der Waals surface area contributed by atoms with Crippen LogP contribution in [0, 0.1) is 6.92 Å². The minimum atomic E-state index is 0.107. The molecule has 20 heavy (non-hydrogen) atoms. The van der Waals surface area contributed by atoms with E-state index in [0.717, 1.165) is 23.2 Å². The van der Waals surface area contributed by atoms with Gasteiger partial charge < -0.3 is 0 Å². The molecule has 0 aromatic carbocycles. The predicted molar refractivity (Wildman–Crippen MR) is 89.1 cm³/mol. The van der Waals surface area contributed by atoms with Gasteiger partial charge in [0.15, 0.2) is 6.29 Å². The van der Waals surface area contributed by atoms with Gasteiger partial charge in [0.1, 0.15) is 0 Å². The van der Waals surface area contributed by atoms with Gasteiger partial charge in [-0.15, -0.1) is 0 Å². The zero-order chi connectivity index (χ0) is 14.9. The first-order valence-corrected chi connectivity index (χ1v) is 8.28. The van der Waals surface area contributed by atoms with Crippen LogP contribution in [0.15, 0.2) is 24.3 Å². The number of rotatable bonds is 3. The van der Waals surface area contributed by atoms with Crippen molar-refractivity contribution in [3.05, 3.63) is 46.5 Å². The number of aryl methyl sites for hydroxylation is 1. The maximum absolute atomic E-state index is 11.3. The van der Waals surface area contributed by atoms with Gasteiger partial charge in [-0.05, 0) is 46.4 Å². The van der Waals surface area contributed by atoms with E-state index in [1.165, 1.54) is 22.3 Å². The summed E-state index contributed by atoms with van der Waals surface area (Å²) < 4.78 is 0. The highest BCUT2D eigenvalue weighted by Gasteiger charge is 2.20. The minimum absolute atomic E-state index is 0.107. The van der Waals surface area contributed by atoms with Gasteiger partial charge in [-0.2, -0.15) is 11.8 Å². The number of carbonyl (C=O) groups is 1. The average Bonchev–Trinajstić information content (AvgIpc) is 2.73. The smallest absolute Gasteiger partial charge is 0.150 e. The average molecular weight is 286 g/mol. The topological polar surface area (TPSA) is 17.1 Å². The van der Waals surface area contributed by atoms with E-state index in [4.69, 9.17) is 0 Å². The van der Waals surface area contributed by atoms with E-state index in [-0.39, 0.29) is 5.41 Å². The molecule has 0 radical (unpaired) electrons. The van der Waals surface area contributed by atoms with Crippen LogP contribution >= 0.6 is 11.8 Å². The molecule has 2 rings (SSSR count). The lowest BCUT2D eigenvalue weighted by Crippen LogP contribution is -2.10. The molecule has 0 saturated heterocycles. The molecule has 0 aromatic heterocycles. The summed E-state index contributed by atoms with van der Waals surface area (Å²) >= 11 is 1.80. The van der Waals surface area contributed by atoms with E-state index in [1.807, 2.05) is 6.07 Å². The highest BCUT2D eigenvalue weighted by atomic mass is 32.2. The first kappa shape index (κ1) is 15.1. The van der Waals surface area contributed by atoms with Crippen molar-refractivity contribution in [2.45, 2.75) is 38.9 Å². The molecule has 0 spiro atoms. The summed E-state index contributed by atoms with van der Waals surface area (Å²) in [6.45, 7) is 8.83. The molecule has 0 aromatic rings. The van der Waals surface area contributed by atoms with Crippen LogP contribution in [0.1, 0.15) is 47.8 Å². The number of thioether (sulfide) groups is 1. The fourth-order valence-corrected chi connectivity index (χ4v) is 3.13. The third kappa shape index (κ3) is 2.76. The van der Waals surface area contributed by atoms with Crippen molar-refractivity contribution in [1.82, 2.24) is 0 Å². The quantitative estimate of drug-likeness (QED) is 0.732. The molecule has 0 bridgehead atoms. The van der Waals surface area contributed by atoms with Crippen LogP contribution in [0.2, 0.25) is 0 Å². The van der Waals surface area contributed by atoms with Crippen LogP contribution in [0.3, 0.4) is 0 Å². The van der Waals surface area contributed by atoms with Gasteiger partial charge in [-0.1, -0.05) is 45.0 Å². The van der Waals surface area contributed by atoms with E-state index < -0.39 is 0 Å². The second-order valence-electron chi connectivity index (χ2n) is 6.33. The summed E-state index contributed by atoms with van der Waals surface area (Å²) in [4.78, 5) is 11.3. The Morgan fingerprint density at radius 1 is 1.20 bits per heavy atom. The normalized spacial score (nSPS) is 11.8. The van der Waals surface area contributed by atoms with Crippen LogP contribution in [0.25, 0.3) is 11.1 Å². The molecule has 0 saturated carbocycles. The van der Waals surface area contributed by atoms with Crippen molar-refractivity contribution >= 4 is 18.0 Å². The van der Waals surface area contributed by atoms with Crippen molar-refractivity contribution in [3.8, 4) is 11.1 Å². The Balaban J connectivity index is 2.82. The molecule has 106 valence electrons. The molecule has 0 aliphatic heterocycles. The summed E-state index contributed by atoms with van der Waals surface area (Å²) in [6, 6.07) is 8.55. The van der Waals surface area contributed by atoms with Crippen molar-refractivity contribution < 1.29 is 4.79 Å². The molecular weight excluding hydrogens is 264 g/mol. The van der Waals surface area contributed by atoms with Crippen molar-refractivity contribution in [2.75, 3.05) is 6.26 Å². The fraction of sp³-hybridized carbons (Fsp3) is 0.389. The van der Waals surface area contributed by atoms with Crippen LogP contribution < -0.4 is 0 Å². The number of aldehydes is 1. The van der Waals surface area contributed by atoms with E-state index in [1.54, 1.807) is 11.8 Å². The number of fused-ring (bicyclic) bond motifs is 1. The maximum atomic E-state index is 11.3. The molecule has 0 N–H and O–H groups in total. The summed E-state index contributed by atoms with van der Waals surface area (Å²) in [5.41, 5.74) is 7.07. The van der Waals surface area contributed by atoms with Crippen LogP contribution in [-0.4, -0.2) is 12.5 Å². The van der Waals surface area contributed by atoms with Crippen molar-refractivity contribution in [3.63, 3.8) is 0 Å². The molecule has 2 heteroatoms. The second kappa shape index (κ2) is 5.61. The van der Waals surface area contributed by atoms with Crippen molar-refractivity contribution in [1.29, 1.82) is 0 Å². The highest BCUT2D eigenvalue weighted by molar-refractivity contribution is 7.97. The van der Waals surface area contributed by atoms with Crippen LogP contribution in [0.4, 0.5) is 0 Å². The number of hydrogen-bond acceptors (Lipinski definition) is 2. The molecule has 1 nitrogen and oxygen atoms in total. The second-order valence-corrected chi connectivity index (χ2v) is 7.20. The Bertz CT molecular complexity index is 608. The van der Waals surface area contributed by atoms with Crippen LogP contribution in [-0.2, 0) is 11.2 Å². The lowest BCUT2D eigenvalue weighted by atomic mass is 9.87. The van der Waals surface area contributed by atoms with E-state index in [2.05, 4.69) is 52.1 Å². The summed E-state index contributed by atoms with van der Waals surface area (Å²) in [5.74, 6) is 0.929. The van der Waals surface area contributed by atoms with Gasteiger partial charge in [0.25, 0.3) is 0 Å². The van der Waals surface area contributed by atoms with Gasteiger partial charge in [0.2, 0.25) is 0 Å². The molecule has 0 heterocycles. The van der Waals surface area contributed by atoms with Gasteiger partial charge >= 0.3 is 0 Å². The highest BCUT2D eigenvalue weighted by Crippen LogP contribution is 2.37. The molecule has 2 aliphatic rings. The number of carbonyl (C=O) groups excluding carboxylic acids is 1.